The fourth-order valence-electron chi connectivity index (χ4n) is 3.11. The molecule has 0 unspecified atom stereocenters. The van der Waals surface area contributed by atoms with Crippen molar-refractivity contribution in [3.8, 4) is 11.5 Å². The molecule has 3 rings (SSSR count). The minimum absolute atomic E-state index is 0.204. The van der Waals surface area contributed by atoms with Crippen LogP contribution in [0.15, 0.2) is 24.4 Å². The lowest BCUT2D eigenvalue weighted by Crippen LogP contribution is -2.49. The highest BCUT2D eigenvalue weighted by Crippen LogP contribution is 2.36. The number of nitrogens with zero attached hydrogens (tertiary/aromatic N) is 2. The molecule has 1 aromatic heterocycles. The van der Waals surface area contributed by atoms with Crippen LogP contribution in [0.25, 0.3) is 0 Å². The van der Waals surface area contributed by atoms with Crippen molar-refractivity contribution in [3.63, 3.8) is 0 Å². The van der Waals surface area contributed by atoms with E-state index in [4.69, 9.17) is 25.8 Å². The van der Waals surface area contributed by atoms with Crippen LogP contribution in [0.5, 0.6) is 11.5 Å². The largest absolute Gasteiger partial charge is 0.493 e. The molecule has 0 aliphatic carbocycles. The molecule has 2 N–H and O–H groups in total. The van der Waals surface area contributed by atoms with E-state index >= 15 is 0 Å². The smallest absolute Gasteiger partial charge is 0.274 e. The summed E-state index contributed by atoms with van der Waals surface area (Å²) in [6.45, 7) is 0.426. The van der Waals surface area contributed by atoms with Crippen LogP contribution < -0.4 is 9.47 Å². The van der Waals surface area contributed by atoms with Crippen molar-refractivity contribution in [1.82, 2.24) is 15.1 Å². The van der Waals surface area contributed by atoms with E-state index in [9.17, 15) is 9.90 Å². The Morgan fingerprint density at radius 2 is 2.19 bits per heavy atom. The minimum Gasteiger partial charge on any atom is -0.493 e. The molecule has 1 aliphatic heterocycles. The van der Waals surface area contributed by atoms with E-state index in [0.29, 0.717) is 24.7 Å². The standard InChI is InChI=1S/C17H20ClN3O5/c1-24-12-4-3-10(7-13(12)25-2)16-14(9-22)26-6-5-21(16)17(23)15-11(18)8-19-20-15/h3-4,7-8,14,16,22H,5-6,9H2,1-2H3,(H,19,20)/t14-,16-/m1/s1. The van der Waals surface area contributed by atoms with Gasteiger partial charge in [0.15, 0.2) is 11.5 Å². The van der Waals surface area contributed by atoms with Gasteiger partial charge in [0.05, 0.1) is 44.7 Å². The van der Waals surface area contributed by atoms with Crippen LogP contribution in [0.3, 0.4) is 0 Å². The Morgan fingerprint density at radius 1 is 1.42 bits per heavy atom. The first-order valence-electron chi connectivity index (χ1n) is 8.05. The molecule has 0 radical (unpaired) electrons. The average molecular weight is 382 g/mol. The number of amides is 1. The van der Waals surface area contributed by atoms with Gasteiger partial charge in [0.25, 0.3) is 5.91 Å². The van der Waals surface area contributed by atoms with Crippen LogP contribution in [0, 0.1) is 0 Å². The molecular formula is C17H20ClN3O5. The number of benzene rings is 1. The Bertz CT molecular complexity index is 782. The van der Waals surface area contributed by atoms with Gasteiger partial charge in [-0.1, -0.05) is 17.7 Å². The van der Waals surface area contributed by atoms with Crippen molar-refractivity contribution in [3.05, 3.63) is 40.7 Å². The Labute approximate surface area is 155 Å². The number of aliphatic hydroxyl groups is 1. The second-order valence-electron chi connectivity index (χ2n) is 5.74. The van der Waals surface area contributed by atoms with E-state index in [1.165, 1.54) is 13.3 Å². The topological polar surface area (TPSA) is 96.9 Å². The summed E-state index contributed by atoms with van der Waals surface area (Å²) in [6, 6.07) is 4.83. The van der Waals surface area contributed by atoms with Crippen LogP contribution in [0.2, 0.25) is 5.02 Å². The van der Waals surface area contributed by atoms with Crippen LogP contribution in [-0.2, 0) is 4.74 Å². The van der Waals surface area contributed by atoms with E-state index in [0.717, 1.165) is 5.56 Å². The van der Waals surface area contributed by atoms with Crippen molar-refractivity contribution >= 4 is 17.5 Å². The Morgan fingerprint density at radius 3 is 2.81 bits per heavy atom. The molecule has 0 saturated carbocycles. The number of aliphatic hydroxyl groups excluding tert-OH is 1. The molecule has 1 aromatic carbocycles. The number of nitrogens with one attached hydrogen (secondary N) is 1. The maximum absolute atomic E-state index is 13.0. The highest BCUT2D eigenvalue weighted by molar-refractivity contribution is 6.33. The summed E-state index contributed by atoms with van der Waals surface area (Å²) >= 11 is 6.05. The normalized spacial score (nSPS) is 20.1. The van der Waals surface area contributed by atoms with Crippen molar-refractivity contribution in [2.24, 2.45) is 0 Å². The Hall–Kier alpha value is -2.29. The molecule has 2 atom stereocenters. The monoisotopic (exact) mass is 381 g/mol. The van der Waals surface area contributed by atoms with E-state index < -0.39 is 12.1 Å². The van der Waals surface area contributed by atoms with Crippen LogP contribution in [0.1, 0.15) is 22.1 Å². The summed E-state index contributed by atoms with van der Waals surface area (Å²) < 4.78 is 16.3. The lowest BCUT2D eigenvalue weighted by atomic mass is 9.97. The Balaban J connectivity index is 2.01. The van der Waals surface area contributed by atoms with Gasteiger partial charge in [0, 0.05) is 6.54 Å². The maximum Gasteiger partial charge on any atom is 0.274 e. The first kappa shape index (κ1) is 18.5. The molecule has 140 valence electrons. The zero-order valence-electron chi connectivity index (χ0n) is 14.4. The lowest BCUT2D eigenvalue weighted by molar-refractivity contribution is -0.0813. The van der Waals surface area contributed by atoms with Crippen molar-refractivity contribution < 1.29 is 24.1 Å². The molecule has 1 saturated heterocycles. The molecule has 1 fully saturated rings. The summed E-state index contributed by atoms with van der Waals surface area (Å²) in [5.41, 5.74) is 0.959. The summed E-state index contributed by atoms with van der Waals surface area (Å²) in [4.78, 5) is 14.6. The number of hydrogen-bond donors (Lipinski definition) is 2. The van der Waals surface area contributed by atoms with Crippen LogP contribution >= 0.6 is 11.6 Å². The van der Waals surface area contributed by atoms with Crippen molar-refractivity contribution in [2.45, 2.75) is 12.1 Å². The summed E-state index contributed by atoms with van der Waals surface area (Å²) in [6.07, 6.45) is 0.803. The maximum atomic E-state index is 13.0. The molecule has 1 amide bonds. The number of aromatic amines is 1. The molecule has 9 heteroatoms. The molecule has 1 aliphatic rings. The zero-order chi connectivity index (χ0) is 18.7. The highest BCUT2D eigenvalue weighted by Gasteiger charge is 2.38. The van der Waals surface area contributed by atoms with Crippen LogP contribution in [-0.4, -0.2) is 66.2 Å². The van der Waals surface area contributed by atoms with Gasteiger partial charge in [0.2, 0.25) is 0 Å². The molecule has 26 heavy (non-hydrogen) atoms. The third-order valence-corrected chi connectivity index (χ3v) is 4.64. The number of halogens is 1. The third-order valence-electron chi connectivity index (χ3n) is 4.35. The third kappa shape index (κ3) is 3.35. The molecule has 8 nitrogen and oxygen atoms in total. The molecule has 2 aromatic rings. The average Bonchev–Trinajstić information content (AvgIpc) is 3.12. The van der Waals surface area contributed by atoms with Gasteiger partial charge in [-0.05, 0) is 17.7 Å². The van der Waals surface area contributed by atoms with Gasteiger partial charge in [-0.3, -0.25) is 9.89 Å². The second-order valence-corrected chi connectivity index (χ2v) is 6.15. The predicted molar refractivity (Wildman–Crippen MR) is 93.7 cm³/mol. The summed E-state index contributed by atoms with van der Waals surface area (Å²) in [7, 11) is 3.09. The van der Waals surface area contributed by atoms with Crippen LogP contribution in [0.4, 0.5) is 0 Å². The number of carbonyl (C=O) groups excluding carboxylic acids is 1. The van der Waals surface area contributed by atoms with Crippen molar-refractivity contribution in [1.29, 1.82) is 0 Å². The number of methoxy groups -OCH3 is 2. The number of aromatic nitrogens is 2. The van der Waals surface area contributed by atoms with Gasteiger partial charge in [-0.15, -0.1) is 0 Å². The van der Waals surface area contributed by atoms with Gasteiger partial charge in [0.1, 0.15) is 11.8 Å². The number of carbonyl (C=O) groups is 1. The van der Waals surface area contributed by atoms with Gasteiger partial charge in [-0.25, -0.2) is 0 Å². The first-order valence-corrected chi connectivity index (χ1v) is 8.42. The molecule has 2 heterocycles. The van der Waals surface area contributed by atoms with Gasteiger partial charge in [-0.2, -0.15) is 5.10 Å². The SMILES string of the molecule is COc1ccc([C@@H]2[C@@H](CO)OCCN2C(=O)c2[nH]ncc2Cl)cc1OC. The predicted octanol–water partition coefficient (Wildman–Crippen LogP) is 1.65. The minimum atomic E-state index is -0.576. The summed E-state index contributed by atoms with van der Waals surface area (Å²) in [5.74, 6) is 0.788. The van der Waals surface area contributed by atoms with E-state index in [2.05, 4.69) is 10.2 Å². The quantitative estimate of drug-likeness (QED) is 0.817. The molecule has 0 spiro atoms. The summed E-state index contributed by atoms with van der Waals surface area (Å²) in [5, 5.41) is 16.4. The Kier molecular flexibility index (Phi) is 5.65. The highest BCUT2D eigenvalue weighted by atomic mass is 35.5. The van der Waals surface area contributed by atoms with E-state index in [1.54, 1.807) is 24.1 Å². The number of ether oxygens (including phenoxy) is 3. The van der Waals surface area contributed by atoms with E-state index in [-0.39, 0.29) is 23.2 Å². The fraction of sp³-hybridized carbons (Fsp3) is 0.412. The molecule has 0 bridgehead atoms. The number of H-pyrrole nitrogens is 1. The first-order chi connectivity index (χ1) is 12.6. The number of morpholine rings is 1. The molecular weight excluding hydrogens is 362 g/mol. The van der Waals surface area contributed by atoms with Gasteiger partial charge < -0.3 is 24.2 Å². The van der Waals surface area contributed by atoms with Gasteiger partial charge >= 0.3 is 0 Å². The lowest BCUT2D eigenvalue weighted by Gasteiger charge is -2.40. The van der Waals surface area contributed by atoms with Crippen molar-refractivity contribution in [2.75, 3.05) is 34.0 Å². The second kappa shape index (κ2) is 7.94. The van der Waals surface area contributed by atoms with E-state index in [1.807, 2.05) is 6.07 Å². The zero-order valence-corrected chi connectivity index (χ0v) is 15.2. The number of hydrogen-bond acceptors (Lipinski definition) is 6. The number of rotatable bonds is 5. The fourth-order valence-corrected chi connectivity index (χ4v) is 3.28.